The highest BCUT2D eigenvalue weighted by atomic mass is 32.1. The van der Waals surface area contributed by atoms with Gasteiger partial charge in [-0.2, -0.15) is 0 Å². The number of aryl methyl sites for hydroxylation is 1. The third kappa shape index (κ3) is 0.778. The Morgan fingerprint density at radius 2 is 2.50 bits per heavy atom. The molecule has 0 aromatic carbocycles. The van der Waals surface area contributed by atoms with Gasteiger partial charge in [-0.25, -0.2) is 0 Å². The van der Waals surface area contributed by atoms with Crippen molar-refractivity contribution in [3.05, 3.63) is 17.1 Å². The average Bonchev–Trinajstić information content (AvgIpc) is 2.36. The SMILES string of the molecule is O=C1CCC[n+]2sccc21. The Hall–Kier alpha value is -0.700. The first-order valence-electron chi connectivity index (χ1n) is 3.39. The molecule has 0 saturated heterocycles. The number of Topliss-reactive ketones (excluding diaryl/α,β-unsaturated/α-hetero) is 1. The third-order valence-corrected chi connectivity index (χ3v) is 2.62. The monoisotopic (exact) mass is 154 g/mol. The zero-order valence-electron chi connectivity index (χ0n) is 5.54. The summed E-state index contributed by atoms with van der Waals surface area (Å²) in [4.78, 5) is 11.1. The number of hydrogen-bond donors (Lipinski definition) is 0. The molecule has 0 radical (unpaired) electrons. The van der Waals surface area contributed by atoms with Crippen LogP contribution in [0.1, 0.15) is 23.3 Å². The number of fused-ring (bicyclic) bond motifs is 1. The molecule has 0 atom stereocenters. The summed E-state index contributed by atoms with van der Waals surface area (Å²) in [6.07, 6.45) is 1.74. The van der Waals surface area contributed by atoms with Crippen LogP contribution in [-0.2, 0) is 6.54 Å². The van der Waals surface area contributed by atoms with E-state index in [0.29, 0.717) is 5.78 Å². The number of aromatic nitrogens is 1. The Labute approximate surface area is 63.3 Å². The minimum atomic E-state index is 0.299. The summed E-state index contributed by atoms with van der Waals surface area (Å²) in [6, 6.07) is 1.91. The van der Waals surface area contributed by atoms with Crippen LogP contribution in [0.3, 0.4) is 0 Å². The van der Waals surface area contributed by atoms with Crippen LogP contribution in [-0.4, -0.2) is 5.78 Å². The molecule has 1 aromatic rings. The van der Waals surface area contributed by atoms with Gasteiger partial charge in [-0.15, -0.1) is 3.96 Å². The van der Waals surface area contributed by atoms with Gasteiger partial charge in [0.25, 0.3) is 5.69 Å². The number of carbonyl (C=O) groups excluding carboxylic acids is 1. The lowest BCUT2D eigenvalue weighted by molar-refractivity contribution is -0.634. The Morgan fingerprint density at radius 3 is 3.30 bits per heavy atom. The van der Waals surface area contributed by atoms with Crippen molar-refractivity contribution in [3.63, 3.8) is 0 Å². The van der Waals surface area contributed by atoms with Crippen molar-refractivity contribution in [2.24, 2.45) is 0 Å². The zero-order chi connectivity index (χ0) is 6.97. The van der Waals surface area contributed by atoms with Gasteiger partial charge in [0.1, 0.15) is 11.5 Å². The number of nitrogens with zero attached hydrogens (tertiary/aromatic N) is 1. The number of ketones is 1. The second-order valence-corrected chi connectivity index (χ2v) is 3.35. The summed E-state index contributed by atoms with van der Waals surface area (Å²) in [5.41, 5.74) is 0.899. The molecule has 2 nitrogen and oxygen atoms in total. The molecule has 0 amide bonds. The minimum Gasteiger partial charge on any atom is -0.287 e. The fourth-order valence-electron chi connectivity index (χ4n) is 1.22. The van der Waals surface area contributed by atoms with E-state index >= 15 is 0 Å². The fraction of sp³-hybridized carbons (Fsp3) is 0.429. The van der Waals surface area contributed by atoms with Gasteiger partial charge in [0.15, 0.2) is 6.54 Å². The smallest absolute Gasteiger partial charge is 0.262 e. The zero-order valence-corrected chi connectivity index (χ0v) is 6.36. The largest absolute Gasteiger partial charge is 0.287 e. The maximum absolute atomic E-state index is 11.1. The second-order valence-electron chi connectivity index (χ2n) is 2.42. The molecule has 1 aliphatic heterocycles. The van der Waals surface area contributed by atoms with Crippen molar-refractivity contribution < 1.29 is 8.75 Å². The van der Waals surface area contributed by atoms with Gasteiger partial charge in [0.05, 0.1) is 5.38 Å². The summed E-state index contributed by atoms with van der Waals surface area (Å²) in [6.45, 7) is 1.03. The first kappa shape index (κ1) is 6.04. The van der Waals surface area contributed by atoms with Gasteiger partial charge in [0, 0.05) is 18.9 Å². The second kappa shape index (κ2) is 2.16. The van der Waals surface area contributed by atoms with Crippen LogP contribution < -0.4 is 3.96 Å². The van der Waals surface area contributed by atoms with Crippen LogP contribution in [0.5, 0.6) is 0 Å². The van der Waals surface area contributed by atoms with Crippen molar-refractivity contribution in [3.8, 4) is 0 Å². The van der Waals surface area contributed by atoms with E-state index in [1.807, 2.05) is 11.4 Å². The van der Waals surface area contributed by atoms with E-state index in [4.69, 9.17) is 0 Å². The van der Waals surface area contributed by atoms with E-state index in [9.17, 15) is 4.79 Å². The Kier molecular flexibility index (Phi) is 1.31. The van der Waals surface area contributed by atoms with Crippen molar-refractivity contribution in [2.45, 2.75) is 19.4 Å². The van der Waals surface area contributed by atoms with Gasteiger partial charge in [-0.1, -0.05) is 0 Å². The molecule has 10 heavy (non-hydrogen) atoms. The molecule has 0 saturated carbocycles. The summed E-state index contributed by atoms with van der Waals surface area (Å²) < 4.78 is 2.06. The maximum atomic E-state index is 11.1. The summed E-state index contributed by atoms with van der Waals surface area (Å²) in [5, 5.41) is 1.97. The van der Waals surface area contributed by atoms with Crippen molar-refractivity contribution in [2.75, 3.05) is 0 Å². The van der Waals surface area contributed by atoms with Gasteiger partial charge in [0.2, 0.25) is 5.78 Å². The molecule has 0 unspecified atom stereocenters. The highest BCUT2D eigenvalue weighted by Gasteiger charge is 2.25. The molecule has 1 aromatic heterocycles. The van der Waals surface area contributed by atoms with Crippen LogP contribution in [0.15, 0.2) is 11.4 Å². The molecule has 2 rings (SSSR count). The quantitative estimate of drug-likeness (QED) is 0.511. The van der Waals surface area contributed by atoms with Crippen molar-refractivity contribution in [1.29, 1.82) is 0 Å². The molecule has 52 valence electrons. The highest BCUT2D eigenvalue weighted by Crippen LogP contribution is 2.09. The minimum absolute atomic E-state index is 0.299. The van der Waals surface area contributed by atoms with Crippen LogP contribution in [0.2, 0.25) is 0 Å². The van der Waals surface area contributed by atoms with Crippen LogP contribution in [0.25, 0.3) is 0 Å². The lowest BCUT2D eigenvalue weighted by Crippen LogP contribution is -2.39. The topological polar surface area (TPSA) is 20.9 Å². The molecular formula is C7H8NOS+. The van der Waals surface area contributed by atoms with Crippen LogP contribution in [0, 0.1) is 0 Å². The first-order chi connectivity index (χ1) is 4.88. The third-order valence-electron chi connectivity index (χ3n) is 1.73. The number of carbonyl (C=O) groups is 1. The molecule has 3 heteroatoms. The molecule has 0 aliphatic carbocycles. The van der Waals surface area contributed by atoms with Crippen LogP contribution >= 0.6 is 11.5 Å². The lowest BCUT2D eigenvalue weighted by Gasteiger charge is -2.01. The van der Waals surface area contributed by atoms with Crippen LogP contribution in [0.4, 0.5) is 0 Å². The van der Waals surface area contributed by atoms with Gasteiger partial charge >= 0.3 is 0 Å². The Morgan fingerprint density at radius 1 is 1.60 bits per heavy atom. The maximum Gasteiger partial charge on any atom is 0.262 e. The molecule has 1 aliphatic rings. The molecule has 0 bridgehead atoms. The Balaban J connectivity index is 2.50. The predicted molar refractivity (Wildman–Crippen MR) is 38.1 cm³/mol. The van der Waals surface area contributed by atoms with E-state index in [2.05, 4.69) is 3.96 Å². The molecular weight excluding hydrogens is 146 g/mol. The van der Waals surface area contributed by atoms with E-state index in [1.54, 1.807) is 11.5 Å². The number of hydrogen-bond acceptors (Lipinski definition) is 2. The van der Waals surface area contributed by atoms with Gasteiger partial charge in [-0.05, 0) is 0 Å². The van der Waals surface area contributed by atoms with E-state index < -0.39 is 0 Å². The van der Waals surface area contributed by atoms with Gasteiger partial charge in [-0.3, -0.25) is 4.79 Å². The molecule has 2 heterocycles. The first-order valence-corrected chi connectivity index (χ1v) is 4.22. The number of rotatable bonds is 0. The Bertz CT molecular complexity index is 266. The van der Waals surface area contributed by atoms with Crippen molar-refractivity contribution in [1.82, 2.24) is 0 Å². The standard InChI is InChI=1S/C7H8NOS/c9-7-2-1-4-8-6(7)3-5-10-8/h3,5H,1-2,4H2/q+1. The normalized spacial score (nSPS) is 17.0. The van der Waals surface area contributed by atoms with Crippen molar-refractivity contribution >= 4 is 17.3 Å². The molecule has 0 spiro atoms. The van der Waals surface area contributed by atoms with Gasteiger partial charge < -0.3 is 0 Å². The lowest BCUT2D eigenvalue weighted by atomic mass is 10.1. The average molecular weight is 154 g/mol. The summed E-state index contributed by atoms with van der Waals surface area (Å²) >= 11 is 1.62. The predicted octanol–water partition coefficient (Wildman–Crippen LogP) is 1.01. The molecule has 0 fully saturated rings. The summed E-state index contributed by atoms with van der Waals surface area (Å²) in [5.74, 6) is 0.299. The van der Waals surface area contributed by atoms with E-state index in [0.717, 1.165) is 25.1 Å². The molecule has 0 N–H and O–H groups in total. The van der Waals surface area contributed by atoms with E-state index in [-0.39, 0.29) is 0 Å². The highest BCUT2D eigenvalue weighted by molar-refractivity contribution is 6.99. The summed E-state index contributed by atoms with van der Waals surface area (Å²) in [7, 11) is 0. The van der Waals surface area contributed by atoms with E-state index in [1.165, 1.54) is 0 Å². The fourth-order valence-corrected chi connectivity index (χ4v) is 2.07.